The number of amides is 1. The lowest BCUT2D eigenvalue weighted by Crippen LogP contribution is -2.47. The molecule has 1 fully saturated rings. The Morgan fingerprint density at radius 3 is 2.69 bits per heavy atom. The van der Waals surface area contributed by atoms with Crippen LogP contribution in [0, 0.1) is 11.6 Å². The molecule has 29 heavy (non-hydrogen) atoms. The SMILES string of the molecule is NC(Cc1ccc(O)c(F)c1)C(=O)N1CCC(c2c[nH]c3cc(F)ccc23)CC1. The van der Waals surface area contributed by atoms with Crippen molar-refractivity contribution in [2.24, 2.45) is 5.73 Å². The second-order valence-electron chi connectivity index (χ2n) is 7.63. The van der Waals surface area contributed by atoms with Crippen molar-refractivity contribution in [3.05, 3.63) is 65.4 Å². The van der Waals surface area contributed by atoms with Gasteiger partial charge in [0.1, 0.15) is 5.82 Å². The second-order valence-corrected chi connectivity index (χ2v) is 7.63. The van der Waals surface area contributed by atoms with Gasteiger partial charge in [-0.1, -0.05) is 6.07 Å². The molecule has 7 heteroatoms. The highest BCUT2D eigenvalue weighted by Gasteiger charge is 2.28. The van der Waals surface area contributed by atoms with Crippen LogP contribution in [-0.2, 0) is 11.2 Å². The van der Waals surface area contributed by atoms with Crippen LogP contribution < -0.4 is 5.73 Å². The summed E-state index contributed by atoms with van der Waals surface area (Å²) in [7, 11) is 0. The van der Waals surface area contributed by atoms with E-state index >= 15 is 0 Å². The third-order valence-corrected chi connectivity index (χ3v) is 5.71. The maximum absolute atomic E-state index is 13.5. The van der Waals surface area contributed by atoms with Gasteiger partial charge in [-0.2, -0.15) is 0 Å². The fourth-order valence-corrected chi connectivity index (χ4v) is 4.12. The number of aromatic hydroxyl groups is 1. The van der Waals surface area contributed by atoms with Gasteiger partial charge in [-0.3, -0.25) is 4.79 Å². The predicted molar refractivity (Wildman–Crippen MR) is 107 cm³/mol. The number of hydrogen-bond acceptors (Lipinski definition) is 3. The number of H-pyrrole nitrogens is 1. The molecule has 1 unspecified atom stereocenters. The summed E-state index contributed by atoms with van der Waals surface area (Å²) in [4.78, 5) is 17.6. The zero-order chi connectivity index (χ0) is 20.5. The number of nitrogens with two attached hydrogens (primary N) is 1. The predicted octanol–water partition coefficient (Wildman–Crippen LogP) is 3.43. The van der Waals surface area contributed by atoms with Gasteiger partial charge in [0.2, 0.25) is 5.91 Å². The van der Waals surface area contributed by atoms with Crippen molar-refractivity contribution in [3.8, 4) is 5.75 Å². The van der Waals surface area contributed by atoms with Crippen LogP contribution in [0.5, 0.6) is 5.75 Å². The number of fused-ring (bicyclic) bond motifs is 1. The number of nitrogens with one attached hydrogen (secondary N) is 1. The Labute approximate surface area is 167 Å². The highest BCUT2D eigenvalue weighted by atomic mass is 19.1. The molecule has 1 amide bonds. The number of benzene rings is 2. The van der Waals surface area contributed by atoms with E-state index in [0.717, 1.165) is 29.3 Å². The molecule has 2 heterocycles. The van der Waals surface area contributed by atoms with Gasteiger partial charge in [0.25, 0.3) is 0 Å². The van der Waals surface area contributed by atoms with Crippen molar-refractivity contribution in [2.45, 2.75) is 31.2 Å². The lowest BCUT2D eigenvalue weighted by molar-refractivity contribution is -0.133. The molecular weight excluding hydrogens is 376 g/mol. The van der Waals surface area contributed by atoms with Gasteiger partial charge < -0.3 is 20.7 Å². The van der Waals surface area contributed by atoms with E-state index in [1.807, 2.05) is 6.20 Å². The monoisotopic (exact) mass is 399 g/mol. The molecule has 1 saturated heterocycles. The van der Waals surface area contributed by atoms with Gasteiger partial charge in [0, 0.05) is 30.2 Å². The molecular formula is C22H23F2N3O2. The number of aromatic amines is 1. The van der Waals surface area contributed by atoms with Crippen LogP contribution in [0.4, 0.5) is 8.78 Å². The third kappa shape index (κ3) is 3.96. The van der Waals surface area contributed by atoms with Gasteiger partial charge in [0.15, 0.2) is 11.6 Å². The highest BCUT2D eigenvalue weighted by Crippen LogP contribution is 2.33. The molecule has 3 aromatic rings. The zero-order valence-corrected chi connectivity index (χ0v) is 15.9. The Morgan fingerprint density at radius 2 is 1.97 bits per heavy atom. The number of carbonyl (C=O) groups is 1. The molecule has 0 spiro atoms. The number of piperidine rings is 1. The maximum atomic E-state index is 13.5. The number of hydrogen-bond donors (Lipinski definition) is 3. The molecule has 0 bridgehead atoms. The molecule has 1 aliphatic rings. The lowest BCUT2D eigenvalue weighted by Gasteiger charge is -2.33. The molecule has 0 radical (unpaired) electrons. The van der Waals surface area contributed by atoms with Crippen molar-refractivity contribution >= 4 is 16.8 Å². The normalized spacial score (nSPS) is 16.3. The first-order chi connectivity index (χ1) is 13.9. The summed E-state index contributed by atoms with van der Waals surface area (Å²) in [6.07, 6.45) is 3.74. The molecule has 2 aromatic carbocycles. The minimum atomic E-state index is -0.758. The number of halogens is 2. The van der Waals surface area contributed by atoms with E-state index in [1.54, 1.807) is 17.0 Å². The van der Waals surface area contributed by atoms with Crippen LogP contribution in [0.25, 0.3) is 10.9 Å². The standard InChI is InChI=1S/C22H23F2N3O2/c23-15-2-3-16-17(12-26-20(16)11-15)14-5-7-27(8-6-14)22(29)19(25)10-13-1-4-21(28)18(24)9-13/h1-4,9,11-12,14,19,26,28H,5-8,10,25H2. The van der Waals surface area contributed by atoms with Crippen LogP contribution in [0.3, 0.4) is 0 Å². The first kappa shape index (κ1) is 19.4. The molecule has 1 aromatic heterocycles. The van der Waals surface area contributed by atoms with Crippen LogP contribution in [0.1, 0.15) is 29.9 Å². The minimum Gasteiger partial charge on any atom is -0.505 e. The molecule has 5 nitrogen and oxygen atoms in total. The second kappa shape index (κ2) is 7.83. The number of likely N-dealkylation sites (tertiary alicyclic amines) is 1. The van der Waals surface area contributed by atoms with Gasteiger partial charge in [-0.25, -0.2) is 8.78 Å². The largest absolute Gasteiger partial charge is 0.505 e. The fraction of sp³-hybridized carbons (Fsp3) is 0.318. The fourth-order valence-electron chi connectivity index (χ4n) is 4.12. The summed E-state index contributed by atoms with van der Waals surface area (Å²) >= 11 is 0. The smallest absolute Gasteiger partial charge is 0.239 e. The quantitative estimate of drug-likeness (QED) is 0.629. The molecule has 4 rings (SSSR count). The van der Waals surface area contributed by atoms with E-state index in [4.69, 9.17) is 5.73 Å². The number of aromatic nitrogens is 1. The Bertz CT molecular complexity index is 1040. The van der Waals surface area contributed by atoms with Gasteiger partial charge >= 0.3 is 0 Å². The lowest BCUT2D eigenvalue weighted by atomic mass is 9.89. The average molecular weight is 399 g/mol. The molecule has 1 atom stereocenters. The average Bonchev–Trinajstić information content (AvgIpc) is 3.13. The summed E-state index contributed by atoms with van der Waals surface area (Å²) in [5.41, 5.74) is 8.57. The topological polar surface area (TPSA) is 82.3 Å². The Balaban J connectivity index is 1.38. The van der Waals surface area contributed by atoms with E-state index in [1.165, 1.54) is 24.3 Å². The number of phenolic OH excluding ortho intramolecular Hbond substituents is 1. The number of carbonyl (C=O) groups excluding carboxylic acids is 1. The van der Waals surface area contributed by atoms with Crippen LogP contribution in [0.15, 0.2) is 42.6 Å². The first-order valence-electron chi connectivity index (χ1n) is 9.70. The summed E-state index contributed by atoms with van der Waals surface area (Å²) in [6, 6.07) is 8.02. The Hall–Kier alpha value is -2.93. The number of rotatable bonds is 4. The minimum absolute atomic E-state index is 0.155. The van der Waals surface area contributed by atoms with E-state index in [9.17, 15) is 18.7 Å². The van der Waals surface area contributed by atoms with Crippen LogP contribution in [-0.4, -0.2) is 40.0 Å². The van der Waals surface area contributed by atoms with Crippen LogP contribution >= 0.6 is 0 Å². The van der Waals surface area contributed by atoms with Gasteiger partial charge in [-0.15, -0.1) is 0 Å². The highest BCUT2D eigenvalue weighted by molar-refractivity contribution is 5.84. The molecule has 0 saturated carbocycles. The summed E-state index contributed by atoms with van der Waals surface area (Å²) in [6.45, 7) is 1.18. The van der Waals surface area contributed by atoms with Crippen molar-refractivity contribution in [2.75, 3.05) is 13.1 Å². The zero-order valence-electron chi connectivity index (χ0n) is 15.9. The molecule has 1 aliphatic heterocycles. The van der Waals surface area contributed by atoms with Gasteiger partial charge in [-0.05, 0) is 66.6 Å². The molecule has 152 valence electrons. The Morgan fingerprint density at radius 1 is 1.21 bits per heavy atom. The van der Waals surface area contributed by atoms with Crippen molar-refractivity contribution in [3.63, 3.8) is 0 Å². The van der Waals surface area contributed by atoms with Gasteiger partial charge in [0.05, 0.1) is 6.04 Å². The van der Waals surface area contributed by atoms with E-state index in [2.05, 4.69) is 4.98 Å². The number of phenols is 1. The maximum Gasteiger partial charge on any atom is 0.239 e. The third-order valence-electron chi connectivity index (χ3n) is 5.71. The Kier molecular flexibility index (Phi) is 5.24. The summed E-state index contributed by atoms with van der Waals surface area (Å²) < 4.78 is 26.9. The van der Waals surface area contributed by atoms with E-state index < -0.39 is 17.6 Å². The van der Waals surface area contributed by atoms with Crippen LogP contribution in [0.2, 0.25) is 0 Å². The molecule has 0 aliphatic carbocycles. The molecule has 4 N–H and O–H groups in total. The van der Waals surface area contributed by atoms with E-state index in [-0.39, 0.29) is 18.1 Å². The van der Waals surface area contributed by atoms with Crippen molar-refractivity contribution < 1.29 is 18.7 Å². The number of nitrogens with zero attached hydrogens (tertiary/aromatic N) is 1. The summed E-state index contributed by atoms with van der Waals surface area (Å²) in [5, 5.41) is 10.3. The summed E-state index contributed by atoms with van der Waals surface area (Å²) in [5.74, 6) is -1.27. The first-order valence-corrected chi connectivity index (χ1v) is 9.70. The van der Waals surface area contributed by atoms with Crippen molar-refractivity contribution in [1.29, 1.82) is 0 Å². The van der Waals surface area contributed by atoms with Crippen molar-refractivity contribution in [1.82, 2.24) is 9.88 Å². The van der Waals surface area contributed by atoms with E-state index in [0.29, 0.717) is 24.6 Å².